The van der Waals surface area contributed by atoms with Gasteiger partial charge < -0.3 is 14.8 Å². The summed E-state index contributed by atoms with van der Waals surface area (Å²) in [5.41, 5.74) is 3.49. The van der Waals surface area contributed by atoms with Gasteiger partial charge in [-0.25, -0.2) is 4.68 Å². The van der Waals surface area contributed by atoms with Crippen molar-refractivity contribution in [2.75, 3.05) is 19.5 Å². The molecule has 5 rings (SSSR count). The van der Waals surface area contributed by atoms with Crippen molar-refractivity contribution in [2.45, 2.75) is 25.3 Å². The van der Waals surface area contributed by atoms with E-state index in [9.17, 15) is 4.79 Å². The Kier molecular flexibility index (Phi) is 4.50. The van der Waals surface area contributed by atoms with E-state index in [0.717, 1.165) is 41.0 Å². The number of fused-ring (bicyclic) bond motifs is 1. The zero-order valence-corrected chi connectivity index (χ0v) is 16.9. The molecule has 1 N–H and O–H groups in total. The third kappa shape index (κ3) is 2.94. The lowest BCUT2D eigenvalue weighted by Crippen LogP contribution is -2.31. The Morgan fingerprint density at radius 3 is 2.60 bits per heavy atom. The fourth-order valence-electron chi connectivity index (χ4n) is 4.19. The summed E-state index contributed by atoms with van der Waals surface area (Å²) < 4.78 is 12.6. The first-order valence-corrected chi connectivity index (χ1v) is 9.96. The van der Waals surface area contributed by atoms with Gasteiger partial charge in [-0.1, -0.05) is 24.3 Å². The molecule has 0 saturated carbocycles. The first-order valence-electron chi connectivity index (χ1n) is 9.96. The summed E-state index contributed by atoms with van der Waals surface area (Å²) >= 11 is 0. The molecule has 1 aromatic heterocycles. The molecule has 7 nitrogen and oxygen atoms in total. The number of carbonyl (C=O) groups excluding carboxylic acids is 1. The first-order chi connectivity index (χ1) is 14.7. The topological polar surface area (TPSA) is 78.3 Å². The average molecular weight is 402 g/mol. The third-order valence-electron chi connectivity index (χ3n) is 5.65. The third-order valence-corrected chi connectivity index (χ3v) is 5.65. The number of aromatic nitrogens is 3. The van der Waals surface area contributed by atoms with E-state index in [1.165, 1.54) is 0 Å². The van der Waals surface area contributed by atoms with E-state index in [0.29, 0.717) is 23.9 Å². The van der Waals surface area contributed by atoms with Gasteiger partial charge in [-0.05, 0) is 42.7 Å². The molecule has 7 heteroatoms. The summed E-state index contributed by atoms with van der Waals surface area (Å²) in [7, 11) is 3.27. The summed E-state index contributed by atoms with van der Waals surface area (Å²) in [6, 6.07) is 15.1. The summed E-state index contributed by atoms with van der Waals surface area (Å²) in [4.78, 5) is 17.7. The highest BCUT2D eigenvalue weighted by molar-refractivity contribution is 5.99. The van der Waals surface area contributed by atoms with E-state index in [1.54, 1.807) is 14.2 Å². The van der Waals surface area contributed by atoms with Crippen LogP contribution in [-0.2, 0) is 4.79 Å². The van der Waals surface area contributed by atoms with Gasteiger partial charge in [0.05, 0.1) is 19.8 Å². The largest absolute Gasteiger partial charge is 0.497 e. The molecular weight excluding hydrogens is 380 g/mol. The Balaban J connectivity index is 1.66. The van der Waals surface area contributed by atoms with Crippen LogP contribution in [-0.4, -0.2) is 34.8 Å². The first kappa shape index (κ1) is 18.4. The van der Waals surface area contributed by atoms with Crippen molar-refractivity contribution >= 4 is 11.7 Å². The lowest BCUT2D eigenvalue weighted by Gasteiger charge is -2.32. The molecule has 1 atom stereocenters. The quantitative estimate of drug-likeness (QED) is 0.711. The van der Waals surface area contributed by atoms with E-state index in [2.05, 4.69) is 5.32 Å². The van der Waals surface area contributed by atoms with Gasteiger partial charge in [0.25, 0.3) is 0 Å². The van der Waals surface area contributed by atoms with Gasteiger partial charge in [-0.3, -0.25) is 4.79 Å². The second kappa shape index (κ2) is 7.33. The molecule has 1 unspecified atom stereocenters. The fraction of sp³-hybridized carbons (Fsp3) is 0.261. The van der Waals surface area contributed by atoms with Gasteiger partial charge in [0.2, 0.25) is 5.95 Å². The van der Waals surface area contributed by atoms with Crippen LogP contribution in [0.2, 0.25) is 0 Å². The maximum Gasteiger partial charge on any atom is 0.226 e. The Morgan fingerprint density at radius 2 is 1.83 bits per heavy atom. The number of nitrogens with zero attached hydrogens (tertiary/aromatic N) is 3. The summed E-state index contributed by atoms with van der Waals surface area (Å²) in [5.74, 6) is 2.82. The van der Waals surface area contributed by atoms with Gasteiger partial charge in [-0.15, -0.1) is 5.10 Å². The van der Waals surface area contributed by atoms with Crippen molar-refractivity contribution in [3.8, 4) is 22.9 Å². The van der Waals surface area contributed by atoms with Crippen LogP contribution >= 0.6 is 0 Å². The molecule has 0 spiro atoms. The second-order valence-electron chi connectivity index (χ2n) is 7.37. The van der Waals surface area contributed by atoms with Gasteiger partial charge in [0.1, 0.15) is 17.5 Å². The van der Waals surface area contributed by atoms with Gasteiger partial charge in [-0.2, -0.15) is 4.98 Å². The number of ether oxygens (including phenoxy) is 2. The van der Waals surface area contributed by atoms with Crippen molar-refractivity contribution in [3.05, 3.63) is 65.4 Å². The molecule has 3 aromatic rings. The summed E-state index contributed by atoms with van der Waals surface area (Å²) in [5, 5.41) is 8.16. The smallest absolute Gasteiger partial charge is 0.226 e. The minimum atomic E-state index is -0.328. The van der Waals surface area contributed by atoms with Crippen molar-refractivity contribution in [3.63, 3.8) is 0 Å². The number of ketones is 1. The molecule has 1 aliphatic heterocycles. The van der Waals surface area contributed by atoms with Crippen LogP contribution in [0.25, 0.3) is 11.4 Å². The average Bonchev–Trinajstić information content (AvgIpc) is 3.21. The highest BCUT2D eigenvalue weighted by Crippen LogP contribution is 2.41. The number of methoxy groups -OCH3 is 2. The molecule has 2 aromatic carbocycles. The van der Waals surface area contributed by atoms with Crippen LogP contribution in [0.5, 0.6) is 11.5 Å². The Labute approximate surface area is 174 Å². The minimum absolute atomic E-state index is 0.157. The fourth-order valence-corrected chi connectivity index (χ4v) is 4.19. The molecular formula is C23H22N4O3. The van der Waals surface area contributed by atoms with Crippen LogP contribution < -0.4 is 14.8 Å². The molecule has 0 saturated heterocycles. The number of benzene rings is 2. The standard InChI is InChI=1S/C23H22N4O3/c1-29-15-12-10-14(11-13-15)21-20-17(7-5-8-18(20)28)24-23-25-22(26-27(21)23)16-6-3-4-9-19(16)30-2/h3-4,6,9-13,21H,5,7-8H2,1-2H3,(H,24,25,26). The normalized spacial score (nSPS) is 17.8. The van der Waals surface area contributed by atoms with Crippen LogP contribution in [0.4, 0.5) is 5.95 Å². The monoisotopic (exact) mass is 402 g/mol. The van der Waals surface area contributed by atoms with E-state index in [-0.39, 0.29) is 11.8 Å². The maximum atomic E-state index is 12.9. The van der Waals surface area contributed by atoms with Crippen LogP contribution in [0, 0.1) is 0 Å². The zero-order chi connectivity index (χ0) is 20.7. The second-order valence-corrected chi connectivity index (χ2v) is 7.37. The van der Waals surface area contributed by atoms with Gasteiger partial charge >= 0.3 is 0 Å². The number of rotatable bonds is 4. The highest BCUT2D eigenvalue weighted by Gasteiger charge is 2.37. The molecule has 0 fully saturated rings. The molecule has 2 heterocycles. The number of nitrogens with one attached hydrogen (secondary N) is 1. The summed E-state index contributed by atoms with van der Waals surface area (Å²) in [6.45, 7) is 0. The molecule has 2 aliphatic rings. The molecule has 0 radical (unpaired) electrons. The number of allylic oxidation sites excluding steroid dienone is 2. The number of hydrogen-bond donors (Lipinski definition) is 1. The van der Waals surface area contributed by atoms with Crippen molar-refractivity contribution in [1.82, 2.24) is 14.8 Å². The van der Waals surface area contributed by atoms with Crippen LogP contribution in [0.3, 0.4) is 0 Å². The molecule has 1 aliphatic carbocycles. The lowest BCUT2D eigenvalue weighted by molar-refractivity contribution is -0.116. The Bertz CT molecular complexity index is 1150. The van der Waals surface area contributed by atoms with E-state index < -0.39 is 0 Å². The number of anilines is 1. The maximum absolute atomic E-state index is 12.9. The van der Waals surface area contributed by atoms with E-state index in [4.69, 9.17) is 19.6 Å². The summed E-state index contributed by atoms with van der Waals surface area (Å²) in [6.07, 6.45) is 2.22. The predicted molar refractivity (Wildman–Crippen MR) is 113 cm³/mol. The Morgan fingerprint density at radius 1 is 1.03 bits per heavy atom. The molecule has 30 heavy (non-hydrogen) atoms. The van der Waals surface area contributed by atoms with Crippen LogP contribution in [0.15, 0.2) is 59.8 Å². The number of Topliss-reactive ketones (excluding diaryl/α,β-unsaturated/α-hetero) is 1. The number of carbonyl (C=O) groups is 1. The lowest BCUT2D eigenvalue weighted by atomic mass is 9.85. The minimum Gasteiger partial charge on any atom is -0.497 e. The van der Waals surface area contributed by atoms with Crippen molar-refractivity contribution in [2.24, 2.45) is 0 Å². The highest BCUT2D eigenvalue weighted by atomic mass is 16.5. The zero-order valence-electron chi connectivity index (χ0n) is 16.9. The number of hydrogen-bond acceptors (Lipinski definition) is 6. The van der Waals surface area contributed by atoms with Crippen molar-refractivity contribution in [1.29, 1.82) is 0 Å². The van der Waals surface area contributed by atoms with Gasteiger partial charge in [0.15, 0.2) is 11.6 Å². The molecule has 152 valence electrons. The molecule has 0 bridgehead atoms. The van der Waals surface area contributed by atoms with Gasteiger partial charge in [0, 0.05) is 17.7 Å². The predicted octanol–water partition coefficient (Wildman–Crippen LogP) is 3.98. The number of para-hydroxylation sites is 1. The van der Waals surface area contributed by atoms with E-state index in [1.807, 2.05) is 53.2 Å². The van der Waals surface area contributed by atoms with E-state index >= 15 is 0 Å². The van der Waals surface area contributed by atoms with Crippen molar-refractivity contribution < 1.29 is 14.3 Å². The molecule has 0 amide bonds. The Hall–Kier alpha value is -3.61. The SMILES string of the molecule is COc1ccc(C2C3=C(CCCC3=O)Nc3nc(-c4ccccc4OC)nn32)cc1. The van der Waals surface area contributed by atoms with Crippen LogP contribution in [0.1, 0.15) is 30.9 Å².